The summed E-state index contributed by atoms with van der Waals surface area (Å²) in [6, 6.07) is 0. The highest BCUT2D eigenvalue weighted by Crippen LogP contribution is 2.21. The van der Waals surface area contributed by atoms with Crippen LogP contribution in [0.1, 0.15) is 61.5 Å². The molecule has 0 aliphatic heterocycles. The van der Waals surface area contributed by atoms with E-state index in [9.17, 15) is 4.79 Å². The summed E-state index contributed by atoms with van der Waals surface area (Å²) in [5, 5.41) is 4.14. The molecule has 5 heteroatoms. The highest BCUT2D eigenvalue weighted by molar-refractivity contribution is 5.90. The summed E-state index contributed by atoms with van der Waals surface area (Å²) in [6.07, 6.45) is 9.19. The molecule has 1 aromatic rings. The Morgan fingerprint density at radius 1 is 1.35 bits per heavy atom. The van der Waals surface area contributed by atoms with E-state index in [4.69, 9.17) is 9.47 Å². The SMILES string of the molecule is CCOC(=O)c1cnn(C)c1COC1CCCCCC1. The highest BCUT2D eigenvalue weighted by atomic mass is 16.5. The molecule has 0 N–H and O–H groups in total. The van der Waals surface area contributed by atoms with E-state index >= 15 is 0 Å². The van der Waals surface area contributed by atoms with Crippen LogP contribution < -0.4 is 0 Å². The Labute approximate surface area is 120 Å². The molecule has 0 bridgehead atoms. The number of nitrogens with zero attached hydrogens (tertiary/aromatic N) is 2. The van der Waals surface area contributed by atoms with Crippen molar-refractivity contribution >= 4 is 5.97 Å². The van der Waals surface area contributed by atoms with Crippen LogP contribution in [0.4, 0.5) is 0 Å². The molecule has 0 radical (unpaired) electrons. The minimum absolute atomic E-state index is 0.308. The van der Waals surface area contributed by atoms with E-state index in [1.54, 1.807) is 17.8 Å². The fourth-order valence-electron chi connectivity index (χ4n) is 2.62. The molecule has 112 valence electrons. The number of rotatable bonds is 5. The molecule has 1 aliphatic rings. The largest absolute Gasteiger partial charge is 0.462 e. The molecule has 1 aromatic heterocycles. The molecule has 2 rings (SSSR count). The molecule has 20 heavy (non-hydrogen) atoms. The van der Waals surface area contributed by atoms with Crippen molar-refractivity contribution in [2.24, 2.45) is 7.05 Å². The first-order chi connectivity index (χ1) is 9.72. The van der Waals surface area contributed by atoms with E-state index in [1.807, 2.05) is 7.05 Å². The number of carbonyl (C=O) groups is 1. The highest BCUT2D eigenvalue weighted by Gasteiger charge is 2.19. The number of aromatic nitrogens is 2. The van der Waals surface area contributed by atoms with Crippen LogP contribution in [0.25, 0.3) is 0 Å². The van der Waals surface area contributed by atoms with Crippen molar-refractivity contribution in [3.63, 3.8) is 0 Å². The number of aryl methyl sites for hydroxylation is 1. The Morgan fingerprint density at radius 3 is 2.70 bits per heavy atom. The van der Waals surface area contributed by atoms with Gasteiger partial charge in [-0.2, -0.15) is 5.10 Å². The minimum atomic E-state index is -0.319. The van der Waals surface area contributed by atoms with Crippen LogP contribution >= 0.6 is 0 Å². The Hall–Kier alpha value is -1.36. The number of esters is 1. The van der Waals surface area contributed by atoms with Gasteiger partial charge in [-0.05, 0) is 19.8 Å². The third-order valence-corrected chi connectivity index (χ3v) is 3.81. The zero-order valence-electron chi connectivity index (χ0n) is 12.4. The molecule has 0 spiro atoms. The molecular formula is C15H24N2O3. The Kier molecular flexibility index (Phi) is 5.59. The lowest BCUT2D eigenvalue weighted by Gasteiger charge is -2.16. The van der Waals surface area contributed by atoms with E-state index < -0.39 is 0 Å². The monoisotopic (exact) mass is 280 g/mol. The zero-order valence-corrected chi connectivity index (χ0v) is 12.4. The molecule has 0 unspecified atom stereocenters. The van der Waals surface area contributed by atoms with Gasteiger partial charge >= 0.3 is 5.97 Å². The number of hydrogen-bond acceptors (Lipinski definition) is 4. The van der Waals surface area contributed by atoms with Gasteiger partial charge in [-0.1, -0.05) is 25.7 Å². The lowest BCUT2D eigenvalue weighted by atomic mass is 10.1. The lowest BCUT2D eigenvalue weighted by Crippen LogP contribution is -2.15. The van der Waals surface area contributed by atoms with Crippen molar-refractivity contribution in [2.75, 3.05) is 6.61 Å². The van der Waals surface area contributed by atoms with Crippen molar-refractivity contribution in [3.8, 4) is 0 Å². The Bertz CT molecular complexity index is 434. The van der Waals surface area contributed by atoms with Gasteiger partial charge in [0, 0.05) is 7.05 Å². The van der Waals surface area contributed by atoms with Gasteiger partial charge in [-0.15, -0.1) is 0 Å². The average molecular weight is 280 g/mol. The first-order valence-electron chi connectivity index (χ1n) is 7.52. The maximum atomic E-state index is 11.9. The van der Waals surface area contributed by atoms with Gasteiger partial charge in [0.15, 0.2) is 0 Å². The Balaban J connectivity index is 1.97. The second kappa shape index (κ2) is 7.43. The number of hydrogen-bond donors (Lipinski definition) is 0. The number of carbonyl (C=O) groups excluding carboxylic acids is 1. The fraction of sp³-hybridized carbons (Fsp3) is 0.733. The quantitative estimate of drug-likeness (QED) is 0.615. The summed E-state index contributed by atoms with van der Waals surface area (Å²) in [7, 11) is 1.83. The van der Waals surface area contributed by atoms with Gasteiger partial charge < -0.3 is 9.47 Å². The Morgan fingerprint density at radius 2 is 2.05 bits per heavy atom. The van der Waals surface area contributed by atoms with Crippen molar-refractivity contribution < 1.29 is 14.3 Å². The van der Waals surface area contributed by atoms with Crippen LogP contribution in [0.5, 0.6) is 0 Å². The summed E-state index contributed by atoms with van der Waals surface area (Å²) in [4.78, 5) is 11.9. The van der Waals surface area contributed by atoms with Gasteiger partial charge in [0.25, 0.3) is 0 Å². The molecule has 0 amide bonds. The van der Waals surface area contributed by atoms with Crippen LogP contribution in [0.2, 0.25) is 0 Å². The molecule has 5 nitrogen and oxygen atoms in total. The van der Waals surface area contributed by atoms with Crippen LogP contribution in [-0.4, -0.2) is 28.5 Å². The second-order valence-corrected chi connectivity index (χ2v) is 5.27. The predicted octanol–water partition coefficient (Wildman–Crippen LogP) is 2.84. The summed E-state index contributed by atoms with van der Waals surface area (Å²) < 4.78 is 12.7. The summed E-state index contributed by atoms with van der Waals surface area (Å²) >= 11 is 0. The third kappa shape index (κ3) is 3.82. The van der Waals surface area contributed by atoms with Crippen LogP contribution in [0.15, 0.2) is 6.20 Å². The smallest absolute Gasteiger partial charge is 0.341 e. The second-order valence-electron chi connectivity index (χ2n) is 5.27. The molecule has 0 aromatic carbocycles. The van der Waals surface area contributed by atoms with Crippen molar-refractivity contribution in [1.82, 2.24) is 9.78 Å². The first-order valence-corrected chi connectivity index (χ1v) is 7.52. The summed E-state index contributed by atoms with van der Waals surface area (Å²) in [5.41, 5.74) is 1.32. The standard InChI is InChI=1S/C15H24N2O3/c1-3-19-15(18)13-10-16-17(2)14(13)11-20-12-8-6-4-5-7-9-12/h10,12H,3-9,11H2,1-2H3. The summed E-state index contributed by atoms with van der Waals surface area (Å²) in [6.45, 7) is 2.60. The van der Waals surface area contributed by atoms with Gasteiger partial charge in [0.05, 0.1) is 31.2 Å². The van der Waals surface area contributed by atoms with E-state index in [1.165, 1.54) is 25.7 Å². The van der Waals surface area contributed by atoms with E-state index in [2.05, 4.69) is 5.10 Å². The van der Waals surface area contributed by atoms with E-state index in [-0.39, 0.29) is 5.97 Å². The van der Waals surface area contributed by atoms with E-state index in [0.717, 1.165) is 18.5 Å². The normalized spacial score (nSPS) is 16.9. The molecule has 1 aliphatic carbocycles. The molecule has 0 saturated heterocycles. The zero-order chi connectivity index (χ0) is 14.4. The van der Waals surface area contributed by atoms with E-state index in [0.29, 0.717) is 24.9 Å². The summed E-state index contributed by atoms with van der Waals surface area (Å²) in [5.74, 6) is -0.319. The van der Waals surface area contributed by atoms with Crippen LogP contribution in [-0.2, 0) is 23.1 Å². The molecule has 1 fully saturated rings. The molecule has 1 heterocycles. The van der Waals surface area contributed by atoms with Gasteiger partial charge in [0.2, 0.25) is 0 Å². The van der Waals surface area contributed by atoms with Crippen molar-refractivity contribution in [2.45, 2.75) is 58.2 Å². The molecular weight excluding hydrogens is 256 g/mol. The fourth-order valence-corrected chi connectivity index (χ4v) is 2.62. The maximum Gasteiger partial charge on any atom is 0.341 e. The van der Waals surface area contributed by atoms with Crippen molar-refractivity contribution in [3.05, 3.63) is 17.5 Å². The van der Waals surface area contributed by atoms with Crippen molar-refractivity contribution in [1.29, 1.82) is 0 Å². The molecule has 0 atom stereocenters. The lowest BCUT2D eigenvalue weighted by molar-refractivity contribution is 0.0260. The first kappa shape index (κ1) is 15.0. The minimum Gasteiger partial charge on any atom is -0.462 e. The average Bonchev–Trinajstić information content (AvgIpc) is 2.65. The van der Waals surface area contributed by atoms with Gasteiger partial charge in [-0.25, -0.2) is 4.79 Å². The van der Waals surface area contributed by atoms with Gasteiger partial charge in [0.1, 0.15) is 5.56 Å². The topological polar surface area (TPSA) is 53.3 Å². The predicted molar refractivity (Wildman–Crippen MR) is 75.4 cm³/mol. The number of ether oxygens (including phenoxy) is 2. The molecule has 1 saturated carbocycles. The van der Waals surface area contributed by atoms with Gasteiger partial charge in [-0.3, -0.25) is 4.68 Å². The van der Waals surface area contributed by atoms with Crippen LogP contribution in [0, 0.1) is 0 Å². The maximum absolute atomic E-state index is 11.9. The third-order valence-electron chi connectivity index (χ3n) is 3.81. The van der Waals surface area contributed by atoms with Crippen LogP contribution in [0.3, 0.4) is 0 Å².